The van der Waals surface area contributed by atoms with Gasteiger partial charge in [0.1, 0.15) is 11.6 Å². The molecule has 0 unspecified atom stereocenters. The Bertz CT molecular complexity index is 938. The molecule has 2 aromatic rings. The summed E-state index contributed by atoms with van der Waals surface area (Å²) >= 11 is 11.6. The fourth-order valence-corrected chi connectivity index (χ4v) is 3.71. The number of rotatable bonds is 6. The normalized spacial score (nSPS) is 11.5. The largest absolute Gasteiger partial charge is 0.495 e. The Morgan fingerprint density at radius 3 is 2.46 bits per heavy atom. The van der Waals surface area contributed by atoms with Crippen molar-refractivity contribution < 1.29 is 22.3 Å². The summed E-state index contributed by atoms with van der Waals surface area (Å²) in [5.74, 6) is -0.904. The second kappa shape index (κ2) is 8.22. The lowest BCUT2D eigenvalue weighted by atomic mass is 10.3. The highest BCUT2D eigenvalue weighted by atomic mass is 35.5. The number of anilines is 1. The van der Waals surface area contributed by atoms with Gasteiger partial charge in [-0.05, 0) is 36.4 Å². The fourth-order valence-electron chi connectivity index (χ4n) is 2.05. The molecule has 140 valence electrons. The summed E-state index contributed by atoms with van der Waals surface area (Å²) in [6.45, 7) is -0.457. The van der Waals surface area contributed by atoms with Crippen LogP contribution in [0.5, 0.6) is 5.75 Å². The number of halogens is 3. The van der Waals surface area contributed by atoms with E-state index in [1.165, 1.54) is 44.5 Å². The number of nitrogens with zero attached hydrogens (tertiary/aromatic N) is 1. The summed E-state index contributed by atoms with van der Waals surface area (Å²) in [5.41, 5.74) is 0.250. The van der Waals surface area contributed by atoms with Crippen LogP contribution in [0.3, 0.4) is 0 Å². The first-order valence-electron chi connectivity index (χ1n) is 7.20. The first kappa shape index (κ1) is 20.4. The molecule has 0 radical (unpaired) electrons. The van der Waals surface area contributed by atoms with Crippen molar-refractivity contribution in [3.63, 3.8) is 0 Å². The molecular weight excluding hydrogens is 406 g/mol. The van der Waals surface area contributed by atoms with E-state index in [1.54, 1.807) is 0 Å². The van der Waals surface area contributed by atoms with Crippen molar-refractivity contribution in [1.82, 2.24) is 4.31 Å². The first-order chi connectivity index (χ1) is 12.1. The molecule has 10 heteroatoms. The molecule has 26 heavy (non-hydrogen) atoms. The van der Waals surface area contributed by atoms with E-state index in [4.69, 9.17) is 27.9 Å². The molecule has 0 saturated carbocycles. The maximum absolute atomic E-state index is 13.1. The SMILES string of the molecule is COc1ccc(S(=O)(=O)N(C)CC(=O)Nc2ccc(F)c(Cl)c2)cc1Cl. The number of methoxy groups -OCH3 is 1. The molecule has 0 aliphatic carbocycles. The molecule has 0 fully saturated rings. The number of hydrogen-bond acceptors (Lipinski definition) is 4. The van der Waals surface area contributed by atoms with Crippen molar-refractivity contribution in [2.24, 2.45) is 0 Å². The number of amides is 1. The Morgan fingerprint density at radius 2 is 1.88 bits per heavy atom. The Hall–Kier alpha value is -1.87. The molecule has 2 aromatic carbocycles. The summed E-state index contributed by atoms with van der Waals surface area (Å²) in [4.78, 5) is 12.0. The van der Waals surface area contributed by atoms with Crippen molar-refractivity contribution in [3.05, 3.63) is 52.3 Å². The standard InChI is InChI=1S/C16H15Cl2FN2O4S/c1-21(9-16(22)20-10-3-5-14(19)12(17)7-10)26(23,24)11-4-6-15(25-2)13(18)8-11/h3-8H,9H2,1-2H3,(H,20,22). The van der Waals surface area contributed by atoms with E-state index >= 15 is 0 Å². The third kappa shape index (κ3) is 4.64. The minimum atomic E-state index is -3.94. The monoisotopic (exact) mass is 420 g/mol. The van der Waals surface area contributed by atoms with E-state index in [0.29, 0.717) is 5.75 Å². The molecule has 0 saturated heterocycles. The number of ether oxygens (including phenoxy) is 1. The van der Waals surface area contributed by atoms with Gasteiger partial charge < -0.3 is 10.1 Å². The minimum absolute atomic E-state index is 0.0802. The lowest BCUT2D eigenvalue weighted by Crippen LogP contribution is -2.35. The molecule has 1 N–H and O–H groups in total. The van der Waals surface area contributed by atoms with E-state index in [0.717, 1.165) is 10.4 Å². The quantitative estimate of drug-likeness (QED) is 0.776. The topological polar surface area (TPSA) is 75.7 Å². The highest BCUT2D eigenvalue weighted by Crippen LogP contribution is 2.28. The second-order valence-corrected chi connectivity index (χ2v) is 8.09. The predicted molar refractivity (Wildman–Crippen MR) is 97.9 cm³/mol. The van der Waals surface area contributed by atoms with Crippen molar-refractivity contribution in [3.8, 4) is 5.75 Å². The van der Waals surface area contributed by atoms with E-state index in [-0.39, 0.29) is 20.6 Å². The number of carbonyl (C=O) groups excluding carboxylic acids is 1. The number of carbonyl (C=O) groups is 1. The van der Waals surface area contributed by atoms with Crippen LogP contribution in [0.4, 0.5) is 10.1 Å². The van der Waals surface area contributed by atoms with Crippen LogP contribution in [-0.2, 0) is 14.8 Å². The molecule has 2 rings (SSSR count). The maximum Gasteiger partial charge on any atom is 0.243 e. The van der Waals surface area contributed by atoms with Gasteiger partial charge in [0, 0.05) is 12.7 Å². The van der Waals surface area contributed by atoms with Gasteiger partial charge in [-0.3, -0.25) is 4.79 Å². The van der Waals surface area contributed by atoms with Gasteiger partial charge in [0.2, 0.25) is 15.9 Å². The van der Waals surface area contributed by atoms with Gasteiger partial charge in [-0.2, -0.15) is 4.31 Å². The van der Waals surface area contributed by atoms with Gasteiger partial charge in [-0.15, -0.1) is 0 Å². The van der Waals surface area contributed by atoms with Gasteiger partial charge in [-0.1, -0.05) is 23.2 Å². The molecule has 6 nitrogen and oxygen atoms in total. The molecule has 0 bridgehead atoms. The zero-order valence-corrected chi connectivity index (χ0v) is 16.1. The molecule has 1 amide bonds. The maximum atomic E-state index is 13.1. The van der Waals surface area contributed by atoms with Gasteiger partial charge in [0.05, 0.1) is 28.6 Å². The molecule has 0 aliphatic rings. The van der Waals surface area contributed by atoms with Crippen molar-refractivity contribution in [2.45, 2.75) is 4.90 Å². The number of benzene rings is 2. The van der Waals surface area contributed by atoms with Crippen LogP contribution in [0.25, 0.3) is 0 Å². The van der Waals surface area contributed by atoms with E-state index in [2.05, 4.69) is 5.32 Å². The molecule has 0 heterocycles. The van der Waals surface area contributed by atoms with E-state index in [1.807, 2.05) is 0 Å². The fraction of sp³-hybridized carbons (Fsp3) is 0.188. The summed E-state index contributed by atoms with van der Waals surface area (Å²) in [6.07, 6.45) is 0. The Morgan fingerprint density at radius 1 is 1.19 bits per heavy atom. The van der Waals surface area contributed by atoms with Crippen LogP contribution in [0, 0.1) is 5.82 Å². The van der Waals surface area contributed by atoms with Crippen LogP contribution in [0.2, 0.25) is 10.0 Å². The number of likely N-dealkylation sites (N-methyl/N-ethyl adjacent to an activating group) is 1. The van der Waals surface area contributed by atoms with Crippen LogP contribution >= 0.6 is 23.2 Å². The van der Waals surface area contributed by atoms with Gasteiger partial charge >= 0.3 is 0 Å². The van der Waals surface area contributed by atoms with Gasteiger partial charge in [-0.25, -0.2) is 12.8 Å². The van der Waals surface area contributed by atoms with Gasteiger partial charge in [0.25, 0.3) is 0 Å². The lowest BCUT2D eigenvalue weighted by molar-refractivity contribution is -0.116. The minimum Gasteiger partial charge on any atom is -0.495 e. The summed E-state index contributed by atoms with van der Waals surface area (Å²) in [6, 6.07) is 7.63. The van der Waals surface area contributed by atoms with E-state index < -0.39 is 28.3 Å². The summed E-state index contributed by atoms with van der Waals surface area (Å²) in [7, 11) is -1.28. The lowest BCUT2D eigenvalue weighted by Gasteiger charge is -2.17. The van der Waals surface area contributed by atoms with Crippen LogP contribution in [-0.4, -0.2) is 39.3 Å². The molecular formula is C16H15Cl2FN2O4S. The Kier molecular flexibility index (Phi) is 6.46. The number of sulfonamides is 1. The van der Waals surface area contributed by atoms with E-state index in [9.17, 15) is 17.6 Å². The van der Waals surface area contributed by atoms with Crippen molar-refractivity contribution in [1.29, 1.82) is 0 Å². The van der Waals surface area contributed by atoms with Crippen molar-refractivity contribution in [2.75, 3.05) is 26.0 Å². The Labute approximate surface area is 160 Å². The van der Waals surface area contributed by atoms with Crippen LogP contribution < -0.4 is 10.1 Å². The summed E-state index contributed by atoms with van der Waals surface area (Å²) < 4.78 is 44.1. The smallest absolute Gasteiger partial charge is 0.243 e. The van der Waals surface area contributed by atoms with Crippen molar-refractivity contribution >= 4 is 44.8 Å². The first-order valence-corrected chi connectivity index (χ1v) is 9.39. The highest BCUT2D eigenvalue weighted by molar-refractivity contribution is 7.89. The average Bonchev–Trinajstić information content (AvgIpc) is 2.57. The molecule has 0 aromatic heterocycles. The summed E-state index contributed by atoms with van der Waals surface area (Å²) in [5, 5.41) is 2.43. The zero-order valence-electron chi connectivity index (χ0n) is 13.8. The van der Waals surface area contributed by atoms with Crippen LogP contribution in [0.15, 0.2) is 41.3 Å². The number of nitrogens with one attached hydrogen (secondary N) is 1. The van der Waals surface area contributed by atoms with Gasteiger partial charge in [0.15, 0.2) is 0 Å². The third-order valence-corrected chi connectivity index (χ3v) is 5.79. The average molecular weight is 421 g/mol. The molecule has 0 aliphatic heterocycles. The molecule has 0 atom stereocenters. The van der Waals surface area contributed by atoms with Crippen LogP contribution in [0.1, 0.15) is 0 Å². The predicted octanol–water partition coefficient (Wildman–Crippen LogP) is 3.40. The number of hydrogen-bond donors (Lipinski definition) is 1. The Balaban J connectivity index is 2.11. The highest BCUT2D eigenvalue weighted by Gasteiger charge is 2.24. The third-order valence-electron chi connectivity index (χ3n) is 3.40. The zero-order chi connectivity index (χ0) is 19.5. The second-order valence-electron chi connectivity index (χ2n) is 5.23. The molecule has 0 spiro atoms.